The predicted molar refractivity (Wildman–Crippen MR) is 115 cm³/mol. The molecule has 146 valence electrons. The molecule has 3 aromatic heterocycles. The quantitative estimate of drug-likeness (QED) is 0.516. The van der Waals surface area contributed by atoms with E-state index in [0.717, 1.165) is 44.4 Å². The number of fused-ring (bicyclic) bond motifs is 1. The molecule has 4 aromatic rings. The number of hydrogen-bond acceptors (Lipinski definition) is 5. The summed E-state index contributed by atoms with van der Waals surface area (Å²) in [6, 6.07) is 13.9. The molecule has 5 heteroatoms. The van der Waals surface area contributed by atoms with Crippen molar-refractivity contribution >= 4 is 10.9 Å². The van der Waals surface area contributed by atoms with Gasteiger partial charge in [-0.25, -0.2) is 9.97 Å². The van der Waals surface area contributed by atoms with Gasteiger partial charge in [0.15, 0.2) is 0 Å². The van der Waals surface area contributed by atoms with Crippen molar-refractivity contribution in [3.05, 3.63) is 72.2 Å². The number of benzene rings is 1. The Morgan fingerprint density at radius 3 is 2.48 bits per heavy atom. The lowest BCUT2D eigenvalue weighted by Crippen LogP contribution is -1.99. The van der Waals surface area contributed by atoms with Gasteiger partial charge in [0.25, 0.3) is 0 Å². The van der Waals surface area contributed by atoms with Crippen LogP contribution in [0.15, 0.2) is 61.1 Å². The smallest absolute Gasteiger partial charge is 0.213 e. The van der Waals surface area contributed by atoms with Gasteiger partial charge in [-0.05, 0) is 62.2 Å². The number of aliphatic hydroxyl groups excluding tert-OH is 1. The van der Waals surface area contributed by atoms with Crippen LogP contribution in [-0.4, -0.2) is 26.7 Å². The van der Waals surface area contributed by atoms with Crippen LogP contribution in [0.3, 0.4) is 0 Å². The summed E-state index contributed by atoms with van der Waals surface area (Å²) < 4.78 is 5.48. The summed E-state index contributed by atoms with van der Waals surface area (Å²) in [4.78, 5) is 13.5. The lowest BCUT2D eigenvalue weighted by molar-refractivity contribution is 0.201. The van der Waals surface area contributed by atoms with Crippen LogP contribution in [0.1, 0.15) is 31.1 Å². The van der Waals surface area contributed by atoms with Gasteiger partial charge in [0.05, 0.1) is 23.9 Å². The van der Waals surface area contributed by atoms with E-state index in [4.69, 9.17) is 9.72 Å². The Hall–Kier alpha value is -3.31. The molecule has 1 atom stereocenters. The molecule has 0 radical (unpaired) electrons. The normalized spacial score (nSPS) is 12.1. The van der Waals surface area contributed by atoms with Gasteiger partial charge >= 0.3 is 0 Å². The lowest BCUT2D eigenvalue weighted by atomic mass is 9.95. The summed E-state index contributed by atoms with van der Waals surface area (Å²) in [5.41, 5.74) is 6.51. The molecule has 1 aromatic carbocycles. The minimum atomic E-state index is -0.586. The van der Waals surface area contributed by atoms with Gasteiger partial charge in [-0.15, -0.1) is 0 Å². The standard InChI is InChI=1S/C24H23N3O2/c1-4-29-23-6-5-18(14-26-23)20-13-21-19(16(3)28)11-15(2)12-22(21)27-24(20)17-7-9-25-10-8-17/h5-14,16,28H,4H2,1-3H3. The second-order valence-electron chi connectivity index (χ2n) is 7.04. The number of hydrogen-bond donors (Lipinski definition) is 1. The van der Waals surface area contributed by atoms with Gasteiger partial charge in [-0.3, -0.25) is 4.98 Å². The number of ether oxygens (including phenoxy) is 1. The molecule has 4 rings (SSSR count). The first kappa shape index (κ1) is 19.0. The fraction of sp³-hybridized carbons (Fsp3) is 0.208. The highest BCUT2D eigenvalue weighted by molar-refractivity contribution is 5.93. The summed E-state index contributed by atoms with van der Waals surface area (Å²) in [6.45, 7) is 6.31. The molecule has 5 nitrogen and oxygen atoms in total. The van der Waals surface area contributed by atoms with Crippen molar-refractivity contribution in [1.82, 2.24) is 15.0 Å². The average Bonchev–Trinajstić information content (AvgIpc) is 2.73. The van der Waals surface area contributed by atoms with E-state index >= 15 is 0 Å². The Kier molecular flexibility index (Phi) is 5.23. The zero-order valence-corrected chi connectivity index (χ0v) is 16.8. The second-order valence-corrected chi connectivity index (χ2v) is 7.04. The average molecular weight is 385 g/mol. The van der Waals surface area contributed by atoms with E-state index in [0.29, 0.717) is 12.5 Å². The van der Waals surface area contributed by atoms with Gasteiger partial charge in [0.1, 0.15) is 0 Å². The fourth-order valence-corrected chi connectivity index (χ4v) is 3.52. The van der Waals surface area contributed by atoms with Crippen molar-refractivity contribution in [2.45, 2.75) is 26.9 Å². The molecule has 0 saturated carbocycles. The topological polar surface area (TPSA) is 68.1 Å². The zero-order chi connectivity index (χ0) is 20.4. The number of aromatic nitrogens is 3. The summed E-state index contributed by atoms with van der Waals surface area (Å²) in [7, 11) is 0. The van der Waals surface area contributed by atoms with Gasteiger partial charge < -0.3 is 9.84 Å². The number of pyridine rings is 3. The van der Waals surface area contributed by atoms with Gasteiger partial charge in [0, 0.05) is 46.7 Å². The molecule has 0 aliphatic rings. The summed E-state index contributed by atoms with van der Waals surface area (Å²) in [5, 5.41) is 11.3. The van der Waals surface area contributed by atoms with E-state index in [1.807, 2.05) is 50.2 Å². The van der Waals surface area contributed by atoms with E-state index in [2.05, 4.69) is 16.0 Å². The predicted octanol–water partition coefficient (Wildman–Crippen LogP) is 5.12. The third-order valence-corrected chi connectivity index (χ3v) is 4.85. The molecule has 0 bridgehead atoms. The van der Waals surface area contributed by atoms with Crippen LogP contribution in [0.2, 0.25) is 0 Å². The van der Waals surface area contributed by atoms with Crippen LogP contribution >= 0.6 is 0 Å². The number of nitrogens with zero attached hydrogens (tertiary/aromatic N) is 3. The van der Waals surface area contributed by atoms with Crippen molar-refractivity contribution in [2.75, 3.05) is 6.61 Å². The number of aliphatic hydroxyl groups is 1. The summed E-state index contributed by atoms with van der Waals surface area (Å²) >= 11 is 0. The highest BCUT2D eigenvalue weighted by atomic mass is 16.5. The third-order valence-electron chi connectivity index (χ3n) is 4.85. The minimum Gasteiger partial charge on any atom is -0.478 e. The Labute approximate surface area is 170 Å². The molecule has 29 heavy (non-hydrogen) atoms. The summed E-state index contributed by atoms with van der Waals surface area (Å²) in [5.74, 6) is 0.593. The van der Waals surface area contributed by atoms with Crippen LogP contribution in [0.4, 0.5) is 0 Å². The maximum absolute atomic E-state index is 10.3. The Balaban J connectivity index is 1.99. The van der Waals surface area contributed by atoms with Crippen molar-refractivity contribution < 1.29 is 9.84 Å². The number of aryl methyl sites for hydroxylation is 1. The van der Waals surface area contributed by atoms with E-state index in [-0.39, 0.29) is 0 Å². The Bertz CT molecular complexity index is 1140. The summed E-state index contributed by atoms with van der Waals surface area (Å²) in [6.07, 6.45) is 4.74. The van der Waals surface area contributed by atoms with Crippen LogP contribution in [0.5, 0.6) is 5.88 Å². The largest absolute Gasteiger partial charge is 0.478 e. The van der Waals surface area contributed by atoms with Crippen LogP contribution in [-0.2, 0) is 0 Å². The second kappa shape index (κ2) is 7.97. The van der Waals surface area contributed by atoms with Gasteiger partial charge in [-0.2, -0.15) is 0 Å². The maximum atomic E-state index is 10.3. The van der Waals surface area contributed by atoms with Crippen molar-refractivity contribution in [3.8, 4) is 28.3 Å². The van der Waals surface area contributed by atoms with Crippen molar-refractivity contribution in [3.63, 3.8) is 0 Å². The van der Waals surface area contributed by atoms with Crippen molar-refractivity contribution in [2.24, 2.45) is 0 Å². The molecule has 0 aliphatic carbocycles. The third kappa shape index (κ3) is 3.82. The zero-order valence-electron chi connectivity index (χ0n) is 16.8. The molecule has 0 amide bonds. The van der Waals surface area contributed by atoms with Crippen LogP contribution in [0.25, 0.3) is 33.3 Å². The fourth-order valence-electron chi connectivity index (χ4n) is 3.52. The monoisotopic (exact) mass is 385 g/mol. The molecule has 0 fully saturated rings. The van der Waals surface area contributed by atoms with E-state index in [1.54, 1.807) is 25.5 Å². The molecule has 0 saturated heterocycles. The molecule has 1 unspecified atom stereocenters. The van der Waals surface area contributed by atoms with Gasteiger partial charge in [0.2, 0.25) is 5.88 Å². The van der Waals surface area contributed by atoms with E-state index < -0.39 is 6.10 Å². The first-order valence-corrected chi connectivity index (χ1v) is 9.69. The molecule has 1 N–H and O–H groups in total. The highest BCUT2D eigenvalue weighted by Gasteiger charge is 2.16. The molecular formula is C24H23N3O2. The lowest BCUT2D eigenvalue weighted by Gasteiger charge is -2.16. The van der Waals surface area contributed by atoms with Crippen LogP contribution < -0.4 is 4.74 Å². The molecule has 0 spiro atoms. The van der Waals surface area contributed by atoms with Crippen molar-refractivity contribution in [1.29, 1.82) is 0 Å². The van der Waals surface area contributed by atoms with Gasteiger partial charge in [-0.1, -0.05) is 6.07 Å². The first-order chi connectivity index (χ1) is 14.1. The SMILES string of the molecule is CCOc1ccc(-c2cc3c(C(C)O)cc(C)cc3nc2-c2ccncc2)cn1. The Morgan fingerprint density at radius 1 is 1.03 bits per heavy atom. The minimum absolute atomic E-state index is 0.573. The van der Waals surface area contributed by atoms with E-state index in [9.17, 15) is 5.11 Å². The molecule has 3 heterocycles. The first-order valence-electron chi connectivity index (χ1n) is 9.69. The van der Waals surface area contributed by atoms with E-state index in [1.165, 1.54) is 0 Å². The number of rotatable bonds is 5. The molecular weight excluding hydrogens is 362 g/mol. The maximum Gasteiger partial charge on any atom is 0.213 e. The Morgan fingerprint density at radius 2 is 1.83 bits per heavy atom. The van der Waals surface area contributed by atoms with Crippen LogP contribution in [0, 0.1) is 6.92 Å². The highest BCUT2D eigenvalue weighted by Crippen LogP contribution is 2.36. The molecule has 0 aliphatic heterocycles.